The highest BCUT2D eigenvalue weighted by Crippen LogP contribution is 2.09. The highest BCUT2D eigenvalue weighted by molar-refractivity contribution is 5.81. The van der Waals surface area contributed by atoms with E-state index in [2.05, 4.69) is 0 Å². The summed E-state index contributed by atoms with van der Waals surface area (Å²) in [5, 5.41) is 10.5. The van der Waals surface area contributed by atoms with Gasteiger partial charge in [-0.1, -0.05) is 13.8 Å². The number of rotatable bonds is 4. The second-order valence-electron chi connectivity index (χ2n) is 2.99. The van der Waals surface area contributed by atoms with E-state index in [1.54, 1.807) is 19.9 Å². The summed E-state index contributed by atoms with van der Waals surface area (Å²) >= 11 is 0. The smallest absolute Gasteiger partial charge is 0.255 e. The number of amides is 1. The zero-order valence-electron chi connectivity index (χ0n) is 7.55. The molecular formula is C8H12F2N2O. The number of halogens is 2. The summed E-state index contributed by atoms with van der Waals surface area (Å²) in [5.41, 5.74) is 0. The molecule has 0 aromatic rings. The molecular weight excluding hydrogens is 178 g/mol. The lowest BCUT2D eigenvalue weighted by Crippen LogP contribution is -2.35. The van der Waals surface area contributed by atoms with Gasteiger partial charge in [0.25, 0.3) is 6.43 Å². The maximum absolute atomic E-state index is 11.7. The number of nitriles is 1. The molecule has 0 aliphatic rings. The molecule has 0 bridgehead atoms. The van der Waals surface area contributed by atoms with Gasteiger partial charge in [-0.05, 0) is 5.92 Å². The minimum absolute atomic E-state index is 0.164. The Bertz CT molecular complexity index is 211. The number of nitrogens with one attached hydrogen (secondary N) is 1. The van der Waals surface area contributed by atoms with Crippen LogP contribution in [0.5, 0.6) is 0 Å². The average Bonchev–Trinajstić information content (AvgIpc) is 2.01. The van der Waals surface area contributed by atoms with Gasteiger partial charge in [-0.15, -0.1) is 0 Å². The third-order valence-corrected chi connectivity index (χ3v) is 1.52. The largest absolute Gasteiger partial charge is 0.349 e. The Morgan fingerprint density at radius 3 is 2.38 bits per heavy atom. The first-order chi connectivity index (χ1) is 5.99. The molecule has 0 aromatic heterocycles. The number of hydrogen-bond donors (Lipinski definition) is 1. The van der Waals surface area contributed by atoms with Gasteiger partial charge in [0.2, 0.25) is 5.91 Å². The normalized spacial score (nSPS) is 12.7. The molecule has 0 fully saturated rings. The SMILES string of the molecule is CC(C)C(C#N)C(=O)NCC(F)F. The molecule has 0 radical (unpaired) electrons. The average molecular weight is 190 g/mol. The van der Waals surface area contributed by atoms with Gasteiger partial charge >= 0.3 is 0 Å². The first-order valence-corrected chi connectivity index (χ1v) is 3.94. The lowest BCUT2D eigenvalue weighted by Gasteiger charge is -2.12. The van der Waals surface area contributed by atoms with E-state index in [4.69, 9.17) is 5.26 Å². The maximum Gasteiger partial charge on any atom is 0.255 e. The zero-order valence-corrected chi connectivity index (χ0v) is 7.55. The molecule has 0 aromatic carbocycles. The molecule has 1 atom stereocenters. The van der Waals surface area contributed by atoms with Crippen LogP contribution in [0.4, 0.5) is 8.78 Å². The van der Waals surface area contributed by atoms with Crippen LogP contribution in [-0.4, -0.2) is 18.9 Å². The van der Waals surface area contributed by atoms with Crippen molar-refractivity contribution in [1.29, 1.82) is 5.26 Å². The van der Waals surface area contributed by atoms with E-state index in [-0.39, 0.29) is 5.92 Å². The summed E-state index contributed by atoms with van der Waals surface area (Å²) in [6.07, 6.45) is -2.57. The van der Waals surface area contributed by atoms with Gasteiger partial charge in [-0.3, -0.25) is 4.79 Å². The zero-order chi connectivity index (χ0) is 10.4. The monoisotopic (exact) mass is 190 g/mol. The minimum Gasteiger partial charge on any atom is -0.349 e. The van der Waals surface area contributed by atoms with Gasteiger partial charge in [0.05, 0.1) is 12.6 Å². The molecule has 5 heteroatoms. The van der Waals surface area contributed by atoms with Crippen LogP contribution in [0.2, 0.25) is 0 Å². The molecule has 1 N–H and O–H groups in total. The van der Waals surface area contributed by atoms with Crippen LogP contribution in [-0.2, 0) is 4.79 Å². The molecule has 1 amide bonds. The summed E-state index contributed by atoms with van der Waals surface area (Å²) in [4.78, 5) is 11.1. The number of carbonyl (C=O) groups is 1. The maximum atomic E-state index is 11.7. The topological polar surface area (TPSA) is 52.9 Å². The van der Waals surface area contributed by atoms with Crippen LogP contribution in [0.15, 0.2) is 0 Å². The summed E-state index contributed by atoms with van der Waals surface area (Å²) in [6, 6.07) is 1.77. The van der Waals surface area contributed by atoms with E-state index in [1.165, 1.54) is 0 Å². The third kappa shape index (κ3) is 4.41. The van der Waals surface area contributed by atoms with Crippen LogP contribution < -0.4 is 5.32 Å². The van der Waals surface area contributed by atoms with E-state index in [0.717, 1.165) is 0 Å². The fourth-order valence-electron chi connectivity index (χ4n) is 0.798. The van der Waals surface area contributed by atoms with Gasteiger partial charge in [-0.2, -0.15) is 5.26 Å². The second-order valence-corrected chi connectivity index (χ2v) is 2.99. The van der Waals surface area contributed by atoms with Gasteiger partial charge in [0.1, 0.15) is 5.92 Å². The van der Waals surface area contributed by atoms with E-state index >= 15 is 0 Å². The van der Waals surface area contributed by atoms with Crippen LogP contribution >= 0.6 is 0 Å². The minimum atomic E-state index is -2.57. The molecule has 3 nitrogen and oxygen atoms in total. The summed E-state index contributed by atoms with van der Waals surface area (Å²) in [7, 11) is 0. The molecule has 0 rings (SSSR count). The van der Waals surface area contributed by atoms with Crippen molar-refractivity contribution in [2.45, 2.75) is 20.3 Å². The second kappa shape index (κ2) is 5.46. The molecule has 13 heavy (non-hydrogen) atoms. The van der Waals surface area contributed by atoms with Crippen molar-refractivity contribution in [3.05, 3.63) is 0 Å². The Morgan fingerprint density at radius 2 is 2.08 bits per heavy atom. The van der Waals surface area contributed by atoms with Gasteiger partial charge in [-0.25, -0.2) is 8.78 Å². The predicted octanol–water partition coefficient (Wildman–Crippen LogP) is 1.16. The van der Waals surface area contributed by atoms with Crippen LogP contribution in [0.25, 0.3) is 0 Å². The molecule has 0 saturated heterocycles. The van der Waals surface area contributed by atoms with E-state index in [9.17, 15) is 13.6 Å². The van der Waals surface area contributed by atoms with Gasteiger partial charge < -0.3 is 5.32 Å². The van der Waals surface area contributed by atoms with Crippen LogP contribution in [0.3, 0.4) is 0 Å². The first kappa shape index (κ1) is 11.8. The number of alkyl halides is 2. The van der Waals surface area contributed by atoms with Crippen molar-refractivity contribution in [3.8, 4) is 6.07 Å². The molecule has 0 aliphatic heterocycles. The highest BCUT2D eigenvalue weighted by atomic mass is 19.3. The van der Waals surface area contributed by atoms with E-state index in [0.29, 0.717) is 0 Å². The standard InChI is InChI=1S/C8H12F2N2O/c1-5(2)6(3-11)8(13)12-4-7(9)10/h5-7H,4H2,1-2H3,(H,12,13). The molecule has 0 spiro atoms. The Labute approximate surface area is 75.7 Å². The lowest BCUT2D eigenvalue weighted by molar-refractivity contribution is -0.125. The summed E-state index contributed by atoms with van der Waals surface area (Å²) < 4.78 is 23.3. The van der Waals surface area contributed by atoms with Crippen molar-refractivity contribution < 1.29 is 13.6 Å². The van der Waals surface area contributed by atoms with Crippen molar-refractivity contribution >= 4 is 5.91 Å². The summed E-state index contributed by atoms with van der Waals surface area (Å²) in [6.45, 7) is 2.69. The van der Waals surface area contributed by atoms with Crippen molar-refractivity contribution in [2.75, 3.05) is 6.54 Å². The summed E-state index contributed by atoms with van der Waals surface area (Å²) in [5.74, 6) is -1.64. The van der Waals surface area contributed by atoms with Gasteiger partial charge in [0.15, 0.2) is 0 Å². The van der Waals surface area contributed by atoms with Crippen LogP contribution in [0, 0.1) is 23.2 Å². The Kier molecular flexibility index (Phi) is 4.97. The third-order valence-electron chi connectivity index (χ3n) is 1.52. The van der Waals surface area contributed by atoms with Crippen molar-refractivity contribution in [2.24, 2.45) is 11.8 Å². The number of hydrogen-bond acceptors (Lipinski definition) is 2. The fraction of sp³-hybridized carbons (Fsp3) is 0.750. The van der Waals surface area contributed by atoms with Crippen molar-refractivity contribution in [1.82, 2.24) is 5.32 Å². The fourth-order valence-corrected chi connectivity index (χ4v) is 0.798. The quantitative estimate of drug-likeness (QED) is 0.723. The number of nitrogens with zero attached hydrogens (tertiary/aromatic N) is 1. The Morgan fingerprint density at radius 1 is 1.54 bits per heavy atom. The molecule has 74 valence electrons. The van der Waals surface area contributed by atoms with Crippen LogP contribution in [0.1, 0.15) is 13.8 Å². The molecule has 1 unspecified atom stereocenters. The molecule has 0 aliphatic carbocycles. The van der Waals surface area contributed by atoms with Crippen molar-refractivity contribution in [3.63, 3.8) is 0 Å². The molecule has 0 saturated carbocycles. The lowest BCUT2D eigenvalue weighted by atomic mass is 9.97. The van der Waals surface area contributed by atoms with Gasteiger partial charge in [0, 0.05) is 0 Å². The first-order valence-electron chi connectivity index (χ1n) is 3.94. The molecule has 0 heterocycles. The highest BCUT2D eigenvalue weighted by Gasteiger charge is 2.21. The number of carbonyl (C=O) groups excluding carboxylic acids is 1. The van der Waals surface area contributed by atoms with E-state index in [1.807, 2.05) is 5.32 Å². The predicted molar refractivity (Wildman–Crippen MR) is 43.0 cm³/mol. The van der Waals surface area contributed by atoms with E-state index < -0.39 is 24.8 Å². The Hall–Kier alpha value is -1.18. The Balaban J connectivity index is 4.02.